The number of phosphoric acid groups is 1. The first kappa shape index (κ1) is 39.7. The van der Waals surface area contributed by atoms with Gasteiger partial charge in [0.25, 0.3) is 0 Å². The molecule has 242 valence electrons. The zero-order valence-electron chi connectivity index (χ0n) is 25.6. The van der Waals surface area contributed by atoms with Gasteiger partial charge >= 0.3 is 19.8 Å². The van der Waals surface area contributed by atoms with Crippen LogP contribution in [0.25, 0.3) is 0 Å². The van der Waals surface area contributed by atoms with E-state index in [9.17, 15) is 19.0 Å². The SMILES string of the molecule is CCCC/C=C\CCCCCCCCOCC(COP(=O)(O)OCC(N)C(=O)O)OC(=O)CCCCCCCCC. The largest absolute Gasteiger partial charge is 0.480 e. The molecule has 0 radical (unpaired) electrons. The van der Waals surface area contributed by atoms with E-state index < -0.39 is 45.1 Å². The molecule has 0 aliphatic rings. The van der Waals surface area contributed by atoms with Gasteiger partial charge in [-0.2, -0.15) is 0 Å². The van der Waals surface area contributed by atoms with Crippen LogP contribution in [0.3, 0.4) is 0 Å². The Hall–Kier alpha value is -1.29. The first-order valence-electron chi connectivity index (χ1n) is 15.7. The van der Waals surface area contributed by atoms with Gasteiger partial charge in [-0.3, -0.25) is 18.6 Å². The predicted molar refractivity (Wildman–Crippen MR) is 162 cm³/mol. The summed E-state index contributed by atoms with van der Waals surface area (Å²) in [5, 5.41) is 8.80. The van der Waals surface area contributed by atoms with Crippen molar-refractivity contribution in [3.8, 4) is 0 Å². The fraction of sp³-hybridized carbons (Fsp3) is 0.867. The third-order valence-electron chi connectivity index (χ3n) is 6.54. The molecule has 0 aliphatic carbocycles. The van der Waals surface area contributed by atoms with E-state index in [1.165, 1.54) is 57.8 Å². The highest BCUT2D eigenvalue weighted by molar-refractivity contribution is 7.47. The van der Waals surface area contributed by atoms with Gasteiger partial charge in [0.05, 0.1) is 19.8 Å². The minimum Gasteiger partial charge on any atom is -0.480 e. The van der Waals surface area contributed by atoms with E-state index in [1.54, 1.807) is 0 Å². The van der Waals surface area contributed by atoms with Crippen molar-refractivity contribution in [3.63, 3.8) is 0 Å². The number of allylic oxidation sites excluding steroid dienone is 2. The van der Waals surface area contributed by atoms with Crippen molar-refractivity contribution in [2.75, 3.05) is 26.4 Å². The molecule has 3 atom stereocenters. The second kappa shape index (κ2) is 27.5. The van der Waals surface area contributed by atoms with Crippen LogP contribution in [0.2, 0.25) is 0 Å². The molecule has 3 unspecified atom stereocenters. The summed E-state index contributed by atoms with van der Waals surface area (Å²) in [5.74, 6) is -1.79. The monoisotopic (exact) mass is 607 g/mol. The number of carbonyl (C=O) groups excluding carboxylic acids is 1. The molecule has 0 amide bonds. The summed E-state index contributed by atoms with van der Waals surface area (Å²) >= 11 is 0. The summed E-state index contributed by atoms with van der Waals surface area (Å²) in [6.45, 7) is 3.75. The Morgan fingerprint density at radius 3 is 1.93 bits per heavy atom. The van der Waals surface area contributed by atoms with E-state index in [-0.39, 0.29) is 13.0 Å². The molecule has 0 spiro atoms. The molecule has 0 aliphatic heterocycles. The number of phosphoric ester groups is 1. The van der Waals surface area contributed by atoms with Gasteiger partial charge in [0.15, 0.2) is 0 Å². The van der Waals surface area contributed by atoms with Crippen molar-refractivity contribution < 1.29 is 42.7 Å². The van der Waals surface area contributed by atoms with Gasteiger partial charge in [0, 0.05) is 13.0 Å². The number of carbonyl (C=O) groups is 2. The zero-order chi connectivity index (χ0) is 30.6. The van der Waals surface area contributed by atoms with Crippen LogP contribution in [-0.4, -0.2) is 60.5 Å². The summed E-state index contributed by atoms with van der Waals surface area (Å²) in [5.41, 5.74) is 5.30. The zero-order valence-corrected chi connectivity index (χ0v) is 26.5. The number of nitrogens with two attached hydrogens (primary N) is 1. The summed E-state index contributed by atoms with van der Waals surface area (Å²) in [6, 6.07) is -1.47. The molecule has 0 bridgehead atoms. The van der Waals surface area contributed by atoms with Crippen molar-refractivity contribution in [2.24, 2.45) is 5.73 Å². The number of rotatable bonds is 30. The molecule has 0 rings (SSSR count). The standard InChI is InChI=1S/C30H58NO9P/c1-3-5-7-9-11-12-13-14-15-17-19-21-23-37-24-27(25-38-41(35,36)39-26-28(31)30(33)34)40-29(32)22-20-18-16-10-8-6-4-2/h9,11,27-28H,3-8,10,12-26,31H2,1-2H3,(H,33,34)(H,35,36)/b11-9-. The lowest BCUT2D eigenvalue weighted by Crippen LogP contribution is -2.34. The summed E-state index contributed by atoms with van der Waals surface area (Å²) < 4.78 is 32.9. The molecule has 4 N–H and O–H groups in total. The minimum atomic E-state index is -4.59. The lowest BCUT2D eigenvalue weighted by molar-refractivity contribution is -0.154. The van der Waals surface area contributed by atoms with Gasteiger partial charge in [-0.05, 0) is 32.1 Å². The van der Waals surface area contributed by atoms with Crippen LogP contribution in [-0.2, 0) is 32.7 Å². The number of carboxylic acids is 1. The van der Waals surface area contributed by atoms with Gasteiger partial charge in [-0.15, -0.1) is 0 Å². The molecule has 0 aromatic heterocycles. The first-order chi connectivity index (χ1) is 19.7. The topological polar surface area (TPSA) is 155 Å². The Labute approximate surface area is 248 Å². The quantitative estimate of drug-likeness (QED) is 0.0334. The van der Waals surface area contributed by atoms with Crippen LogP contribution in [0.5, 0.6) is 0 Å². The maximum Gasteiger partial charge on any atom is 0.472 e. The lowest BCUT2D eigenvalue weighted by atomic mass is 10.1. The molecule has 0 aromatic rings. The van der Waals surface area contributed by atoms with Crippen molar-refractivity contribution in [1.82, 2.24) is 0 Å². The van der Waals surface area contributed by atoms with Gasteiger partial charge in [0.2, 0.25) is 0 Å². The maximum absolute atomic E-state index is 12.4. The van der Waals surface area contributed by atoms with Gasteiger partial charge in [0.1, 0.15) is 12.1 Å². The molecule has 0 aromatic carbocycles. The highest BCUT2D eigenvalue weighted by Gasteiger charge is 2.27. The normalized spacial score (nSPS) is 14.6. The number of ether oxygens (including phenoxy) is 2. The fourth-order valence-corrected chi connectivity index (χ4v) is 4.77. The minimum absolute atomic E-state index is 0.0156. The molecule has 0 saturated carbocycles. The van der Waals surface area contributed by atoms with E-state index >= 15 is 0 Å². The molecular weight excluding hydrogens is 549 g/mol. The van der Waals surface area contributed by atoms with Crippen LogP contribution >= 0.6 is 7.82 Å². The smallest absolute Gasteiger partial charge is 0.472 e. The maximum atomic E-state index is 12.4. The first-order valence-corrected chi connectivity index (χ1v) is 17.2. The Balaban J connectivity index is 4.36. The van der Waals surface area contributed by atoms with Crippen molar-refractivity contribution in [3.05, 3.63) is 12.2 Å². The number of aliphatic carboxylic acids is 1. The molecule has 11 heteroatoms. The fourth-order valence-electron chi connectivity index (χ4n) is 3.99. The predicted octanol–water partition coefficient (Wildman–Crippen LogP) is 7.08. The third kappa shape index (κ3) is 27.3. The highest BCUT2D eigenvalue weighted by Crippen LogP contribution is 2.43. The average molecular weight is 608 g/mol. The van der Waals surface area contributed by atoms with Gasteiger partial charge in [-0.25, -0.2) is 4.57 Å². The lowest BCUT2D eigenvalue weighted by Gasteiger charge is -2.20. The van der Waals surface area contributed by atoms with Gasteiger partial charge in [-0.1, -0.05) is 103 Å². The molecule has 0 heterocycles. The van der Waals surface area contributed by atoms with Crippen molar-refractivity contribution in [2.45, 2.75) is 142 Å². The highest BCUT2D eigenvalue weighted by atomic mass is 31.2. The van der Waals surface area contributed by atoms with Gasteiger partial charge < -0.3 is 25.2 Å². The van der Waals surface area contributed by atoms with E-state index in [1.807, 2.05) is 0 Å². The van der Waals surface area contributed by atoms with Crippen molar-refractivity contribution >= 4 is 19.8 Å². The Morgan fingerprint density at radius 1 is 0.756 bits per heavy atom. The second-order valence-electron chi connectivity index (χ2n) is 10.6. The number of esters is 1. The Kier molecular flexibility index (Phi) is 26.7. The summed E-state index contributed by atoms with van der Waals surface area (Å²) in [7, 11) is -4.59. The Bertz CT molecular complexity index is 720. The Morgan fingerprint density at radius 2 is 1.29 bits per heavy atom. The van der Waals surface area contributed by atoms with Crippen molar-refractivity contribution in [1.29, 1.82) is 0 Å². The molecule has 41 heavy (non-hydrogen) atoms. The third-order valence-corrected chi connectivity index (χ3v) is 7.50. The number of hydrogen-bond acceptors (Lipinski definition) is 8. The number of carboxylic acid groups (broad SMARTS) is 1. The van der Waals surface area contributed by atoms with Crippen LogP contribution in [0.4, 0.5) is 0 Å². The molecule has 10 nitrogen and oxygen atoms in total. The van der Waals surface area contributed by atoms with E-state index in [0.717, 1.165) is 44.9 Å². The average Bonchev–Trinajstić information content (AvgIpc) is 2.94. The molecule has 0 saturated heterocycles. The number of hydrogen-bond donors (Lipinski definition) is 3. The van der Waals surface area contributed by atoms with E-state index in [4.69, 9.17) is 24.8 Å². The van der Waals surface area contributed by atoms with E-state index in [0.29, 0.717) is 13.0 Å². The van der Waals surface area contributed by atoms with Crippen LogP contribution in [0, 0.1) is 0 Å². The number of unbranched alkanes of at least 4 members (excludes halogenated alkanes) is 14. The van der Waals surface area contributed by atoms with Crippen LogP contribution in [0.15, 0.2) is 12.2 Å². The summed E-state index contributed by atoms with van der Waals surface area (Å²) in [6.07, 6.45) is 22.9. The summed E-state index contributed by atoms with van der Waals surface area (Å²) in [4.78, 5) is 33.0. The molecule has 0 fully saturated rings. The second-order valence-corrected chi connectivity index (χ2v) is 12.0. The van der Waals surface area contributed by atoms with Crippen LogP contribution < -0.4 is 5.73 Å². The van der Waals surface area contributed by atoms with Crippen LogP contribution in [0.1, 0.15) is 129 Å². The molecular formula is C30H58NO9P. The van der Waals surface area contributed by atoms with E-state index in [2.05, 4.69) is 30.5 Å².